The van der Waals surface area contributed by atoms with Crippen LogP contribution in [0.4, 0.5) is 0 Å². The molecule has 6 fully saturated rings. The maximum absolute atomic E-state index is 7.53. The third-order valence-corrected chi connectivity index (χ3v) is 43.2. The van der Waals surface area contributed by atoms with Crippen LogP contribution in [0, 0.1) is 0 Å². The molecule has 0 unspecified atom stereocenters. The summed E-state index contributed by atoms with van der Waals surface area (Å²) in [6, 6.07) is 38.1. The van der Waals surface area contributed by atoms with Crippen molar-refractivity contribution in [1.82, 2.24) is 0 Å². The summed E-state index contributed by atoms with van der Waals surface area (Å²) in [5, 5.41) is 2.54. The fraction of sp³-hybridized carbons (Fsp3) is 0.143. The van der Waals surface area contributed by atoms with E-state index in [2.05, 4.69) is 0 Å². The third-order valence-electron chi connectivity index (χ3n) is 8.35. The zero-order chi connectivity index (χ0) is 32.9. The molecule has 6 aliphatic heterocycles. The van der Waals surface area contributed by atoms with Crippen LogP contribution >= 0.6 is 0 Å². The smallest absolute Gasteiger partial charge is 0.373 e. The molecular formula is C28H32O12Si8. The number of rotatable bonds is 4. The highest BCUT2D eigenvalue weighted by Gasteiger charge is 2.82. The monoisotopic (exact) mass is 784 g/mol. The number of hydrogen-bond acceptors (Lipinski definition) is 12. The van der Waals surface area contributed by atoms with Crippen LogP contribution in [0.15, 0.2) is 121 Å². The molecule has 6 saturated heterocycles. The first-order valence-electron chi connectivity index (χ1n) is 15.5. The maximum atomic E-state index is 7.53. The molecule has 0 amide bonds. The van der Waals surface area contributed by atoms with E-state index in [-0.39, 0.29) is 0 Å². The molecule has 6 aliphatic rings. The quantitative estimate of drug-likeness (QED) is 0.282. The van der Waals surface area contributed by atoms with Gasteiger partial charge in [-0.25, -0.2) is 0 Å². The molecule has 0 radical (unpaired) electrons. The van der Waals surface area contributed by atoms with Crippen molar-refractivity contribution < 1.29 is 49.4 Å². The SMILES string of the molecule is C[Si]12O[Si]3(C)O[Si]4(C)O[Si](C)(O1)O[Si]1(c5ccccc5)O[Si](c5ccccc5)(O2)O[Si](c2ccccc2)(O3)O[Si](c2ccccc2)(O4)O1. The van der Waals surface area contributed by atoms with Crippen molar-refractivity contribution in [1.29, 1.82) is 0 Å². The lowest BCUT2D eigenvalue weighted by molar-refractivity contribution is -0.0104. The molecule has 20 heteroatoms. The van der Waals surface area contributed by atoms with Crippen molar-refractivity contribution in [2.75, 3.05) is 0 Å². The van der Waals surface area contributed by atoms with Gasteiger partial charge in [-0.05, 0) is 0 Å². The van der Waals surface area contributed by atoms with Crippen LogP contribution < -0.4 is 20.7 Å². The van der Waals surface area contributed by atoms with E-state index in [1.165, 1.54) is 0 Å². The highest BCUT2D eigenvalue weighted by molar-refractivity contribution is 7.09. The first-order chi connectivity index (χ1) is 22.9. The van der Waals surface area contributed by atoms with Gasteiger partial charge in [-0.1, -0.05) is 121 Å². The normalized spacial score (nSPS) is 43.1. The van der Waals surface area contributed by atoms with Crippen molar-refractivity contribution in [2.24, 2.45) is 0 Å². The fourth-order valence-corrected chi connectivity index (χ4v) is 52.1. The molecule has 0 N–H and O–H groups in total. The second-order valence-corrected chi connectivity index (χ2v) is 35.8. The van der Waals surface area contributed by atoms with E-state index in [1.807, 2.05) is 121 Å². The van der Waals surface area contributed by atoms with E-state index in [1.54, 1.807) is 26.2 Å². The van der Waals surface area contributed by atoms with Crippen LogP contribution in [0.2, 0.25) is 26.2 Å². The molecule has 248 valence electrons. The predicted molar refractivity (Wildman–Crippen MR) is 187 cm³/mol. The van der Waals surface area contributed by atoms with Crippen LogP contribution in [0.25, 0.3) is 0 Å². The lowest BCUT2D eigenvalue weighted by Crippen LogP contribution is -2.92. The molecule has 4 aromatic carbocycles. The summed E-state index contributed by atoms with van der Waals surface area (Å²) in [6.45, 7) is 7.12. The Morgan fingerprint density at radius 1 is 0.250 bits per heavy atom. The highest BCUT2D eigenvalue weighted by Crippen LogP contribution is 2.48. The molecule has 0 aromatic heterocycles. The summed E-state index contributed by atoms with van der Waals surface area (Å²) in [4.78, 5) is 0. The topological polar surface area (TPSA) is 111 Å². The number of hydrogen-bond donors (Lipinski definition) is 0. The molecule has 8 bridgehead atoms. The van der Waals surface area contributed by atoms with Gasteiger partial charge in [0.15, 0.2) is 0 Å². The van der Waals surface area contributed by atoms with Gasteiger partial charge in [0, 0.05) is 46.9 Å². The molecular weight excluding hydrogens is 753 g/mol. The summed E-state index contributed by atoms with van der Waals surface area (Å²) in [5.41, 5.74) is 0. The summed E-state index contributed by atoms with van der Waals surface area (Å²) in [5.74, 6) is 0. The van der Waals surface area contributed by atoms with Gasteiger partial charge in [0.1, 0.15) is 0 Å². The van der Waals surface area contributed by atoms with Crippen molar-refractivity contribution in [3.8, 4) is 0 Å². The van der Waals surface area contributed by atoms with Crippen LogP contribution in [-0.2, 0) is 49.4 Å². The van der Waals surface area contributed by atoms with Crippen LogP contribution in [0.3, 0.4) is 0 Å². The highest BCUT2D eigenvalue weighted by atomic mass is 28.6. The maximum Gasteiger partial charge on any atom is 0.515 e. The second kappa shape index (κ2) is 10.8. The Morgan fingerprint density at radius 2 is 0.438 bits per heavy atom. The molecule has 0 saturated carbocycles. The lowest BCUT2D eigenvalue weighted by Gasteiger charge is -2.61. The summed E-state index contributed by atoms with van der Waals surface area (Å²) < 4.78 is 87.0. The minimum atomic E-state index is -4.28. The van der Waals surface area contributed by atoms with Crippen molar-refractivity contribution in [3.63, 3.8) is 0 Å². The van der Waals surface area contributed by atoms with Crippen molar-refractivity contribution >= 4 is 91.2 Å². The molecule has 0 atom stereocenters. The zero-order valence-electron chi connectivity index (χ0n) is 26.4. The van der Waals surface area contributed by atoms with Gasteiger partial charge in [-0.2, -0.15) is 0 Å². The average Bonchev–Trinajstić information content (AvgIpc) is 3.02. The van der Waals surface area contributed by atoms with Gasteiger partial charge >= 0.3 is 70.4 Å². The Balaban J connectivity index is 1.43. The Morgan fingerprint density at radius 3 is 0.625 bits per heavy atom. The van der Waals surface area contributed by atoms with Crippen LogP contribution in [0.5, 0.6) is 0 Å². The summed E-state index contributed by atoms with van der Waals surface area (Å²) in [7, 11) is -32.5. The molecule has 0 aliphatic carbocycles. The van der Waals surface area contributed by atoms with E-state index in [0.717, 1.165) is 0 Å². The van der Waals surface area contributed by atoms with E-state index >= 15 is 0 Å². The molecule has 0 spiro atoms. The largest absolute Gasteiger partial charge is 0.515 e. The van der Waals surface area contributed by atoms with E-state index < -0.39 is 70.4 Å². The van der Waals surface area contributed by atoms with E-state index in [4.69, 9.17) is 49.4 Å². The summed E-state index contributed by atoms with van der Waals surface area (Å²) in [6.07, 6.45) is 0. The first-order valence-corrected chi connectivity index (χ1v) is 31.3. The van der Waals surface area contributed by atoms with Gasteiger partial charge in [0.2, 0.25) is 0 Å². The van der Waals surface area contributed by atoms with Crippen molar-refractivity contribution in [3.05, 3.63) is 121 Å². The Bertz CT molecular complexity index is 1560. The van der Waals surface area contributed by atoms with Crippen LogP contribution in [-0.4, -0.2) is 70.4 Å². The Hall–Kier alpha value is -1.86. The Kier molecular flexibility index (Phi) is 7.23. The fourth-order valence-electron chi connectivity index (χ4n) is 6.81. The van der Waals surface area contributed by atoms with Gasteiger partial charge in [0.05, 0.1) is 0 Å². The Labute approximate surface area is 286 Å². The first kappa shape index (κ1) is 32.1. The zero-order valence-corrected chi connectivity index (χ0v) is 34.4. The lowest BCUT2D eigenvalue weighted by atomic mass is 10.4. The van der Waals surface area contributed by atoms with Gasteiger partial charge in [-0.15, -0.1) is 0 Å². The van der Waals surface area contributed by atoms with Gasteiger partial charge in [0.25, 0.3) is 0 Å². The van der Waals surface area contributed by atoms with E-state index in [0.29, 0.717) is 20.7 Å². The standard InChI is InChI=1S/C28H32O12Si8/c1-41-29-42(2)31-44(4)32-43(3,30-41)35-47(27-21-13-7-14-22-27)38-45(33-41,25-17-9-5-10-18-25)37-46(34-42,26-19-11-6-12-20-26)39-48(36-44,40-47)28-23-15-8-16-24-28/h5-24H,1-4H3. The van der Waals surface area contributed by atoms with E-state index in [9.17, 15) is 0 Å². The summed E-state index contributed by atoms with van der Waals surface area (Å²) >= 11 is 0. The van der Waals surface area contributed by atoms with Crippen molar-refractivity contribution in [2.45, 2.75) is 26.2 Å². The predicted octanol–water partition coefficient (Wildman–Crippen LogP) is 1.91. The number of benzene rings is 4. The second-order valence-electron chi connectivity index (χ2n) is 12.4. The minimum absolute atomic E-state index is 0.636. The molecule has 4 aromatic rings. The van der Waals surface area contributed by atoms with Crippen LogP contribution in [0.1, 0.15) is 0 Å². The molecule has 10 rings (SSSR count). The van der Waals surface area contributed by atoms with Gasteiger partial charge < -0.3 is 49.4 Å². The average molecular weight is 785 g/mol. The molecule has 6 heterocycles. The third kappa shape index (κ3) is 5.16. The molecule has 12 nitrogen and oxygen atoms in total. The van der Waals surface area contributed by atoms with Gasteiger partial charge in [-0.3, -0.25) is 0 Å². The molecule has 48 heavy (non-hydrogen) atoms. The minimum Gasteiger partial charge on any atom is -0.373 e.